The smallest absolute Gasteiger partial charge is 0.227 e. The summed E-state index contributed by atoms with van der Waals surface area (Å²) < 4.78 is 26.9. The van der Waals surface area contributed by atoms with Crippen LogP contribution in [0, 0.1) is 18.7 Å². The summed E-state index contributed by atoms with van der Waals surface area (Å²) in [7, 11) is 0. The first kappa shape index (κ1) is 23.4. The van der Waals surface area contributed by atoms with Crippen LogP contribution >= 0.6 is 0 Å². The van der Waals surface area contributed by atoms with Gasteiger partial charge in [0, 0.05) is 26.2 Å². The molecule has 1 unspecified atom stereocenters. The zero-order valence-electron chi connectivity index (χ0n) is 19.3. The number of ether oxygens (including phenoxy) is 2. The molecule has 33 heavy (non-hydrogen) atoms. The van der Waals surface area contributed by atoms with Crippen LogP contribution in [0.3, 0.4) is 0 Å². The Kier molecular flexibility index (Phi) is 7.75. The third-order valence-corrected chi connectivity index (χ3v) is 5.74. The van der Waals surface area contributed by atoms with E-state index in [1.807, 2.05) is 44.2 Å². The molecule has 7 heteroatoms. The standard InChI is InChI=1S/C26H32FN3O3/c1-3-32-18-23(31)16-29(15-20-9-10-20)17-25-19(2)28-30(22-7-5-4-6-8-22)26(25)33-24-13-11-21(27)12-14-24/h4-8,11-14,20,23,31H,3,9-10,15-18H2,1-2H3. The first-order chi connectivity index (χ1) is 16.0. The monoisotopic (exact) mass is 453 g/mol. The van der Waals surface area contributed by atoms with Gasteiger partial charge in [0.1, 0.15) is 11.6 Å². The highest BCUT2D eigenvalue weighted by Crippen LogP contribution is 2.34. The fourth-order valence-corrected chi connectivity index (χ4v) is 3.88. The minimum absolute atomic E-state index is 0.311. The molecule has 6 nitrogen and oxygen atoms in total. The van der Waals surface area contributed by atoms with E-state index in [0.717, 1.165) is 23.5 Å². The van der Waals surface area contributed by atoms with Crippen LogP contribution in [0.1, 0.15) is 31.0 Å². The second-order valence-electron chi connectivity index (χ2n) is 8.62. The minimum atomic E-state index is -0.561. The van der Waals surface area contributed by atoms with Gasteiger partial charge >= 0.3 is 0 Å². The molecule has 2 aromatic carbocycles. The predicted octanol–water partition coefficient (Wildman–Crippen LogP) is 4.72. The Bertz CT molecular complexity index is 1020. The molecular weight excluding hydrogens is 421 g/mol. The van der Waals surface area contributed by atoms with Gasteiger partial charge in [-0.25, -0.2) is 9.07 Å². The molecule has 1 aliphatic rings. The lowest BCUT2D eigenvalue weighted by atomic mass is 10.2. The van der Waals surface area contributed by atoms with E-state index in [1.165, 1.54) is 25.0 Å². The summed E-state index contributed by atoms with van der Waals surface area (Å²) in [5.74, 6) is 1.50. The summed E-state index contributed by atoms with van der Waals surface area (Å²) in [5, 5.41) is 15.3. The number of halogens is 1. The highest BCUT2D eigenvalue weighted by Gasteiger charge is 2.28. The topological polar surface area (TPSA) is 59.8 Å². The molecule has 176 valence electrons. The average Bonchev–Trinajstić information content (AvgIpc) is 3.58. The van der Waals surface area contributed by atoms with E-state index < -0.39 is 6.10 Å². The van der Waals surface area contributed by atoms with E-state index in [-0.39, 0.29) is 5.82 Å². The molecule has 1 atom stereocenters. The minimum Gasteiger partial charge on any atom is -0.439 e. The van der Waals surface area contributed by atoms with Crippen LogP contribution in [0.25, 0.3) is 5.69 Å². The Balaban J connectivity index is 1.64. The molecule has 4 rings (SSSR count). The SMILES string of the molecule is CCOCC(O)CN(Cc1c(C)nn(-c2ccccc2)c1Oc1ccc(F)cc1)CC1CC1. The Morgan fingerprint density at radius 1 is 1.15 bits per heavy atom. The number of hydrogen-bond donors (Lipinski definition) is 1. The lowest BCUT2D eigenvalue weighted by molar-refractivity contribution is 0.0186. The normalized spacial score (nSPS) is 14.6. The fourth-order valence-electron chi connectivity index (χ4n) is 3.88. The molecule has 0 bridgehead atoms. The number of aliphatic hydroxyl groups excluding tert-OH is 1. The van der Waals surface area contributed by atoms with Gasteiger partial charge in [0.25, 0.3) is 0 Å². The van der Waals surface area contributed by atoms with Gasteiger partial charge in [0.2, 0.25) is 5.88 Å². The number of aliphatic hydroxyl groups is 1. The van der Waals surface area contributed by atoms with Crippen molar-refractivity contribution < 1.29 is 19.0 Å². The summed E-state index contributed by atoms with van der Waals surface area (Å²) in [5.41, 5.74) is 2.69. The molecule has 1 saturated carbocycles. The van der Waals surface area contributed by atoms with Crippen LogP contribution in [0.2, 0.25) is 0 Å². The van der Waals surface area contributed by atoms with Gasteiger partial charge in [0.15, 0.2) is 0 Å². The second kappa shape index (κ2) is 10.9. The summed E-state index contributed by atoms with van der Waals surface area (Å²) in [6, 6.07) is 15.8. The van der Waals surface area contributed by atoms with E-state index in [1.54, 1.807) is 16.8 Å². The van der Waals surface area contributed by atoms with Crippen molar-refractivity contribution in [3.8, 4) is 17.3 Å². The van der Waals surface area contributed by atoms with E-state index in [4.69, 9.17) is 14.6 Å². The van der Waals surface area contributed by atoms with E-state index in [2.05, 4.69) is 4.90 Å². The molecule has 3 aromatic rings. The van der Waals surface area contributed by atoms with Crippen molar-refractivity contribution in [2.45, 2.75) is 39.3 Å². The van der Waals surface area contributed by atoms with E-state index >= 15 is 0 Å². The van der Waals surface area contributed by atoms with Crippen LogP contribution in [0.5, 0.6) is 11.6 Å². The van der Waals surface area contributed by atoms with Gasteiger partial charge in [0.05, 0.1) is 29.7 Å². The number of aromatic nitrogens is 2. The quantitative estimate of drug-likeness (QED) is 0.430. The van der Waals surface area contributed by atoms with Crippen molar-refractivity contribution in [2.24, 2.45) is 5.92 Å². The average molecular weight is 454 g/mol. The van der Waals surface area contributed by atoms with E-state index in [0.29, 0.717) is 43.9 Å². The van der Waals surface area contributed by atoms with Gasteiger partial charge in [-0.1, -0.05) is 18.2 Å². The molecule has 1 heterocycles. The first-order valence-electron chi connectivity index (χ1n) is 11.6. The summed E-state index contributed by atoms with van der Waals surface area (Å²) in [6.07, 6.45) is 1.88. The predicted molar refractivity (Wildman–Crippen MR) is 125 cm³/mol. The van der Waals surface area contributed by atoms with Gasteiger partial charge in [-0.2, -0.15) is 5.10 Å². The van der Waals surface area contributed by atoms with Crippen LogP contribution in [0.15, 0.2) is 54.6 Å². The van der Waals surface area contributed by atoms with Crippen molar-refractivity contribution in [3.63, 3.8) is 0 Å². The summed E-state index contributed by atoms with van der Waals surface area (Å²) in [6.45, 7) is 6.82. The molecule has 1 fully saturated rings. The second-order valence-corrected chi connectivity index (χ2v) is 8.62. The number of hydrogen-bond acceptors (Lipinski definition) is 5. The number of aryl methyl sites for hydroxylation is 1. The lowest BCUT2D eigenvalue weighted by Crippen LogP contribution is -2.36. The zero-order chi connectivity index (χ0) is 23.2. The van der Waals surface area contributed by atoms with Crippen molar-refractivity contribution in [3.05, 3.63) is 71.7 Å². The molecule has 1 aromatic heterocycles. The summed E-state index contributed by atoms with van der Waals surface area (Å²) in [4.78, 5) is 2.26. The number of para-hydroxylation sites is 1. The van der Waals surface area contributed by atoms with Crippen molar-refractivity contribution in [1.82, 2.24) is 14.7 Å². The third kappa shape index (κ3) is 6.41. The van der Waals surface area contributed by atoms with Crippen molar-refractivity contribution in [2.75, 3.05) is 26.3 Å². The number of rotatable bonds is 12. The Morgan fingerprint density at radius 3 is 2.55 bits per heavy atom. The summed E-state index contributed by atoms with van der Waals surface area (Å²) >= 11 is 0. The highest BCUT2D eigenvalue weighted by atomic mass is 19.1. The molecule has 0 amide bonds. The highest BCUT2D eigenvalue weighted by molar-refractivity contribution is 5.43. The molecule has 0 saturated heterocycles. The Morgan fingerprint density at radius 2 is 1.88 bits per heavy atom. The zero-order valence-corrected chi connectivity index (χ0v) is 19.3. The largest absolute Gasteiger partial charge is 0.439 e. The van der Waals surface area contributed by atoms with Gasteiger partial charge in [-0.3, -0.25) is 4.90 Å². The number of nitrogens with zero attached hydrogens (tertiary/aromatic N) is 3. The lowest BCUT2D eigenvalue weighted by Gasteiger charge is -2.25. The molecular formula is C26H32FN3O3. The molecule has 0 spiro atoms. The van der Waals surface area contributed by atoms with Crippen molar-refractivity contribution in [1.29, 1.82) is 0 Å². The Labute approximate surface area is 194 Å². The molecule has 0 aliphatic heterocycles. The molecule has 0 radical (unpaired) electrons. The first-order valence-corrected chi connectivity index (χ1v) is 11.6. The number of benzene rings is 2. The van der Waals surface area contributed by atoms with Gasteiger partial charge in [-0.15, -0.1) is 0 Å². The van der Waals surface area contributed by atoms with E-state index in [9.17, 15) is 9.50 Å². The van der Waals surface area contributed by atoms with Crippen LogP contribution < -0.4 is 4.74 Å². The molecule has 1 aliphatic carbocycles. The third-order valence-electron chi connectivity index (χ3n) is 5.74. The maximum absolute atomic E-state index is 13.4. The van der Waals surface area contributed by atoms with Gasteiger partial charge < -0.3 is 14.6 Å². The maximum atomic E-state index is 13.4. The maximum Gasteiger partial charge on any atom is 0.227 e. The van der Waals surface area contributed by atoms with Gasteiger partial charge in [-0.05, 0) is 69.0 Å². The van der Waals surface area contributed by atoms with Crippen LogP contribution in [-0.2, 0) is 11.3 Å². The Hall–Kier alpha value is -2.74. The van der Waals surface area contributed by atoms with Crippen LogP contribution in [-0.4, -0.2) is 52.2 Å². The van der Waals surface area contributed by atoms with Crippen molar-refractivity contribution >= 4 is 0 Å². The molecule has 1 N–H and O–H groups in total. The fraction of sp³-hybridized carbons (Fsp3) is 0.423. The van der Waals surface area contributed by atoms with Crippen LogP contribution in [0.4, 0.5) is 4.39 Å².